The number of anilines is 4. The van der Waals surface area contributed by atoms with Crippen LogP contribution in [0.1, 0.15) is 0 Å². The Hall–Kier alpha value is -5.78. The highest BCUT2D eigenvalue weighted by molar-refractivity contribution is 7.12. The third-order valence-electron chi connectivity index (χ3n) is 11.1. The second kappa shape index (κ2) is 10.6. The highest BCUT2D eigenvalue weighted by atomic mass is 28.3. The summed E-state index contributed by atoms with van der Waals surface area (Å²) in [6.45, 7) is 0.126. The third kappa shape index (κ3) is 3.74. The zero-order chi connectivity index (χ0) is 32.7. The van der Waals surface area contributed by atoms with Crippen LogP contribution in [-0.2, 0) is 0 Å². The molecule has 49 heavy (non-hydrogen) atoms. The first-order chi connectivity index (χ1) is 24.2. The maximum atomic E-state index is 2.77. The number of hydrogen-bond donors (Lipinski definition) is 0. The summed E-state index contributed by atoms with van der Waals surface area (Å²) in [7, 11) is 1.40. The molecule has 0 atom stereocenters. The molecule has 0 amide bonds. The van der Waals surface area contributed by atoms with Gasteiger partial charge in [0.2, 0.25) is 0 Å². The van der Waals surface area contributed by atoms with Crippen LogP contribution in [-0.4, -0.2) is 33.3 Å². The Bertz CT molecular complexity index is 2460. The minimum Gasteiger partial charge on any atom is -0.355 e. The molecule has 0 radical (unpaired) electrons. The van der Waals surface area contributed by atoms with E-state index in [9.17, 15) is 0 Å². The Balaban J connectivity index is 1.44. The molecule has 0 saturated carbocycles. The van der Waals surface area contributed by atoms with E-state index in [1.807, 2.05) is 0 Å². The lowest BCUT2D eigenvalue weighted by atomic mass is 9.33. The number of fused-ring (bicyclic) bond motifs is 7. The van der Waals surface area contributed by atoms with E-state index in [0.717, 1.165) is 0 Å². The van der Waals surface area contributed by atoms with Crippen molar-refractivity contribution in [1.29, 1.82) is 0 Å². The van der Waals surface area contributed by atoms with Gasteiger partial charge in [-0.25, -0.2) is 0 Å². The molecule has 7 aromatic carbocycles. The SMILES string of the molecule is CN1c2ccccc2B2c3ccccc3N(C)c3c([Si](c4ccccc4)(c4ccccc4)n4c5ccccc5c5ccccc54)ccc1c32. The van der Waals surface area contributed by atoms with E-state index in [4.69, 9.17) is 0 Å². The molecule has 0 aliphatic carbocycles. The molecule has 2 aliphatic heterocycles. The van der Waals surface area contributed by atoms with Gasteiger partial charge < -0.3 is 14.0 Å². The van der Waals surface area contributed by atoms with E-state index in [1.165, 1.54) is 76.5 Å². The molecule has 2 aliphatic rings. The molecule has 0 N–H and O–H groups in total. The quantitative estimate of drug-likeness (QED) is 0.173. The molecule has 5 heteroatoms. The molecule has 10 rings (SSSR count). The van der Waals surface area contributed by atoms with Gasteiger partial charge in [-0.1, -0.05) is 140 Å². The van der Waals surface area contributed by atoms with Crippen molar-refractivity contribution in [3.8, 4) is 0 Å². The summed E-state index contributed by atoms with van der Waals surface area (Å²) in [5.74, 6) is 0. The van der Waals surface area contributed by atoms with Crippen LogP contribution < -0.4 is 41.7 Å². The minimum atomic E-state index is -3.12. The molecule has 1 aromatic heterocycles. The van der Waals surface area contributed by atoms with E-state index in [-0.39, 0.29) is 6.71 Å². The summed E-state index contributed by atoms with van der Waals surface area (Å²) < 4.78 is 2.77. The van der Waals surface area contributed by atoms with E-state index in [2.05, 4.69) is 198 Å². The second-order valence-electron chi connectivity index (χ2n) is 13.4. The summed E-state index contributed by atoms with van der Waals surface area (Å²) in [4.78, 5) is 4.91. The summed E-state index contributed by atoms with van der Waals surface area (Å²) in [6, 6.07) is 63.7. The van der Waals surface area contributed by atoms with Gasteiger partial charge >= 0.3 is 0 Å². The number of aromatic nitrogens is 1. The zero-order valence-electron chi connectivity index (χ0n) is 27.6. The average molecular weight is 644 g/mol. The van der Waals surface area contributed by atoms with Crippen LogP contribution in [0.25, 0.3) is 21.8 Å². The van der Waals surface area contributed by atoms with Crippen molar-refractivity contribution >= 4 is 91.5 Å². The first-order valence-corrected chi connectivity index (χ1v) is 19.1. The van der Waals surface area contributed by atoms with Crippen LogP contribution in [0.3, 0.4) is 0 Å². The first kappa shape index (κ1) is 28.3. The van der Waals surface area contributed by atoms with Gasteiger partial charge in [0.15, 0.2) is 0 Å². The summed E-state index contributed by atoms with van der Waals surface area (Å²) in [5.41, 5.74) is 11.8. The molecule has 232 valence electrons. The molecular formula is C44H34BN3Si. The molecular weight excluding hydrogens is 609 g/mol. The molecule has 3 heterocycles. The Morgan fingerprint density at radius 2 is 0.898 bits per heavy atom. The summed E-state index contributed by atoms with van der Waals surface area (Å²) >= 11 is 0. The van der Waals surface area contributed by atoms with E-state index in [1.54, 1.807) is 0 Å². The predicted molar refractivity (Wildman–Crippen MR) is 212 cm³/mol. The average Bonchev–Trinajstić information content (AvgIpc) is 3.50. The van der Waals surface area contributed by atoms with Gasteiger partial charge in [-0.05, 0) is 62.3 Å². The lowest BCUT2D eigenvalue weighted by molar-refractivity contribution is 1.18. The van der Waals surface area contributed by atoms with Crippen LogP contribution >= 0.6 is 0 Å². The molecule has 0 bridgehead atoms. The molecule has 3 nitrogen and oxygen atoms in total. The van der Waals surface area contributed by atoms with Crippen molar-refractivity contribution in [2.75, 3.05) is 23.9 Å². The normalized spacial score (nSPS) is 13.4. The Labute approximate surface area is 288 Å². The van der Waals surface area contributed by atoms with Crippen LogP contribution in [0.2, 0.25) is 0 Å². The Kier molecular flexibility index (Phi) is 6.12. The number of hydrogen-bond acceptors (Lipinski definition) is 2. The third-order valence-corrected chi connectivity index (χ3v) is 15.8. The fourth-order valence-electron chi connectivity index (χ4n) is 9.13. The van der Waals surface area contributed by atoms with Crippen LogP contribution in [0.5, 0.6) is 0 Å². The molecule has 0 unspecified atom stereocenters. The number of para-hydroxylation sites is 4. The van der Waals surface area contributed by atoms with Gasteiger partial charge in [0, 0.05) is 58.7 Å². The molecule has 0 saturated heterocycles. The van der Waals surface area contributed by atoms with Crippen molar-refractivity contribution in [2.45, 2.75) is 0 Å². The van der Waals surface area contributed by atoms with E-state index in [0.29, 0.717) is 0 Å². The lowest BCUT2D eigenvalue weighted by Gasteiger charge is -2.46. The highest BCUT2D eigenvalue weighted by Crippen LogP contribution is 2.38. The van der Waals surface area contributed by atoms with Crippen molar-refractivity contribution in [3.05, 3.63) is 170 Å². The van der Waals surface area contributed by atoms with Crippen LogP contribution in [0.15, 0.2) is 170 Å². The largest absolute Gasteiger partial charge is 0.355 e. The Morgan fingerprint density at radius 1 is 0.429 bits per heavy atom. The monoisotopic (exact) mass is 643 g/mol. The van der Waals surface area contributed by atoms with E-state index < -0.39 is 8.24 Å². The van der Waals surface area contributed by atoms with Gasteiger partial charge in [-0.3, -0.25) is 0 Å². The van der Waals surface area contributed by atoms with Crippen molar-refractivity contribution < 1.29 is 0 Å². The molecule has 0 fully saturated rings. The Morgan fingerprint density at radius 3 is 1.47 bits per heavy atom. The lowest BCUT2D eigenvalue weighted by Crippen LogP contribution is -2.74. The molecule has 0 spiro atoms. The minimum absolute atomic E-state index is 0.126. The second-order valence-corrected chi connectivity index (χ2v) is 16.9. The molecule has 8 aromatic rings. The van der Waals surface area contributed by atoms with E-state index >= 15 is 0 Å². The fraction of sp³-hybridized carbons (Fsp3) is 0.0455. The van der Waals surface area contributed by atoms with Crippen molar-refractivity contribution in [1.82, 2.24) is 4.23 Å². The smallest absolute Gasteiger partial charge is 0.259 e. The highest BCUT2D eigenvalue weighted by Gasteiger charge is 2.50. The number of benzene rings is 7. The predicted octanol–water partition coefficient (Wildman–Crippen LogP) is 5.99. The van der Waals surface area contributed by atoms with Gasteiger partial charge in [0.05, 0.1) is 0 Å². The van der Waals surface area contributed by atoms with Crippen molar-refractivity contribution in [2.24, 2.45) is 0 Å². The van der Waals surface area contributed by atoms with Gasteiger partial charge in [0.1, 0.15) is 0 Å². The fourth-order valence-corrected chi connectivity index (χ4v) is 14.3. The van der Waals surface area contributed by atoms with Gasteiger partial charge in [-0.15, -0.1) is 0 Å². The van der Waals surface area contributed by atoms with Crippen LogP contribution in [0, 0.1) is 0 Å². The maximum Gasteiger partial charge on any atom is 0.259 e. The summed E-state index contributed by atoms with van der Waals surface area (Å²) in [6.07, 6.45) is 0. The van der Waals surface area contributed by atoms with Gasteiger partial charge in [0.25, 0.3) is 14.9 Å². The van der Waals surface area contributed by atoms with Gasteiger partial charge in [-0.2, -0.15) is 0 Å². The summed E-state index contributed by atoms with van der Waals surface area (Å²) in [5, 5.41) is 6.69. The first-order valence-electron chi connectivity index (χ1n) is 17.1. The topological polar surface area (TPSA) is 11.4 Å². The standard InChI is InChI=1S/C44H34BN3Si/c1-46-39-27-15-11-23-35(39)45-36-24-12-16-28-40(36)47(2)44-42(30-29-41(46)43(44)45)49(31-17-5-3-6-18-31,32-19-7-4-8-20-32)48-37-25-13-9-21-33(37)34-22-10-14-26-38(34)48/h3-30H,1-2H3. The van der Waals surface area contributed by atoms with Crippen molar-refractivity contribution in [3.63, 3.8) is 0 Å². The number of rotatable bonds is 4. The maximum absolute atomic E-state index is 3.12. The zero-order valence-corrected chi connectivity index (χ0v) is 28.6. The van der Waals surface area contributed by atoms with Crippen LogP contribution in [0.4, 0.5) is 22.7 Å². The number of nitrogens with zero attached hydrogens (tertiary/aromatic N) is 3.